The summed E-state index contributed by atoms with van der Waals surface area (Å²) in [5, 5.41) is 3.24. The van der Waals surface area contributed by atoms with Crippen LogP contribution in [0.15, 0.2) is 5.38 Å². The summed E-state index contributed by atoms with van der Waals surface area (Å²) in [7, 11) is 0. The van der Waals surface area contributed by atoms with E-state index in [4.69, 9.17) is 5.73 Å². The van der Waals surface area contributed by atoms with Crippen molar-refractivity contribution in [2.24, 2.45) is 11.7 Å². The quantitative estimate of drug-likeness (QED) is 0.867. The molecule has 0 amide bonds. The predicted molar refractivity (Wildman–Crippen MR) is 71.8 cm³/mol. The third-order valence-corrected chi connectivity index (χ3v) is 3.88. The average Bonchev–Trinajstić information content (AvgIpc) is 2.65. The molecule has 0 saturated heterocycles. The smallest absolute Gasteiger partial charge is 0.110 e. The van der Waals surface area contributed by atoms with E-state index in [-0.39, 0.29) is 11.5 Å². The van der Waals surface area contributed by atoms with E-state index in [1.807, 2.05) is 0 Å². The first-order chi connectivity index (χ1) is 7.36. The van der Waals surface area contributed by atoms with Gasteiger partial charge in [0.1, 0.15) is 5.01 Å². The Morgan fingerprint density at radius 3 is 2.50 bits per heavy atom. The van der Waals surface area contributed by atoms with Crippen LogP contribution in [0.1, 0.15) is 64.2 Å². The second-order valence-corrected chi connectivity index (χ2v) is 6.50. The Labute approximate surface area is 103 Å². The fourth-order valence-electron chi connectivity index (χ4n) is 1.66. The highest BCUT2D eigenvalue weighted by molar-refractivity contribution is 7.09. The Hall–Kier alpha value is -0.410. The van der Waals surface area contributed by atoms with Crippen molar-refractivity contribution >= 4 is 11.3 Å². The molecule has 0 aromatic carbocycles. The van der Waals surface area contributed by atoms with Gasteiger partial charge >= 0.3 is 0 Å². The Bertz CT molecular complexity index is 325. The number of hydrogen-bond acceptors (Lipinski definition) is 3. The van der Waals surface area contributed by atoms with E-state index >= 15 is 0 Å². The van der Waals surface area contributed by atoms with Gasteiger partial charge < -0.3 is 5.73 Å². The molecule has 2 nitrogen and oxygen atoms in total. The van der Waals surface area contributed by atoms with Gasteiger partial charge in [0.25, 0.3) is 0 Å². The second kappa shape index (κ2) is 5.28. The van der Waals surface area contributed by atoms with Crippen molar-refractivity contribution in [2.75, 3.05) is 0 Å². The molecule has 2 unspecified atom stereocenters. The lowest BCUT2D eigenvalue weighted by Gasteiger charge is -2.18. The molecule has 2 atom stereocenters. The summed E-state index contributed by atoms with van der Waals surface area (Å²) in [6, 6.07) is 0.0982. The van der Waals surface area contributed by atoms with Crippen LogP contribution in [0.3, 0.4) is 0 Å². The maximum atomic E-state index is 6.23. The molecule has 0 spiro atoms. The minimum Gasteiger partial charge on any atom is -0.322 e. The van der Waals surface area contributed by atoms with Crippen molar-refractivity contribution in [3.63, 3.8) is 0 Å². The molecule has 1 aromatic rings. The summed E-state index contributed by atoms with van der Waals surface area (Å²) < 4.78 is 0. The SMILES string of the molecule is CCCC(C)C(N)c1nc(C(C)(C)C)cs1. The zero-order chi connectivity index (χ0) is 12.3. The molecule has 0 radical (unpaired) electrons. The zero-order valence-corrected chi connectivity index (χ0v) is 11.9. The molecule has 3 heteroatoms. The molecule has 1 rings (SSSR count). The molecule has 16 heavy (non-hydrogen) atoms. The Kier molecular flexibility index (Phi) is 4.51. The number of aromatic nitrogens is 1. The topological polar surface area (TPSA) is 38.9 Å². The summed E-state index contributed by atoms with van der Waals surface area (Å²) in [4.78, 5) is 4.68. The van der Waals surface area contributed by atoms with Gasteiger partial charge in [-0.3, -0.25) is 0 Å². The Morgan fingerprint density at radius 2 is 2.06 bits per heavy atom. The highest BCUT2D eigenvalue weighted by Crippen LogP contribution is 2.30. The van der Waals surface area contributed by atoms with Crippen LogP contribution in [0.25, 0.3) is 0 Å². The van der Waals surface area contributed by atoms with E-state index in [1.165, 1.54) is 12.8 Å². The van der Waals surface area contributed by atoms with Crippen LogP contribution in [0.2, 0.25) is 0 Å². The number of rotatable bonds is 4. The van der Waals surface area contributed by atoms with Crippen LogP contribution < -0.4 is 5.73 Å². The second-order valence-electron chi connectivity index (χ2n) is 5.61. The Balaban J connectivity index is 2.78. The normalized spacial score (nSPS) is 16.1. The largest absolute Gasteiger partial charge is 0.322 e. The van der Waals surface area contributed by atoms with Crippen molar-refractivity contribution in [1.29, 1.82) is 0 Å². The van der Waals surface area contributed by atoms with Gasteiger partial charge in [-0.05, 0) is 12.3 Å². The molecule has 92 valence electrons. The molecular formula is C13H24N2S. The average molecular weight is 240 g/mol. The van der Waals surface area contributed by atoms with Gasteiger partial charge in [-0.25, -0.2) is 4.98 Å². The summed E-state index contributed by atoms with van der Waals surface area (Å²) in [5.41, 5.74) is 7.52. The summed E-state index contributed by atoms with van der Waals surface area (Å²) in [6.07, 6.45) is 2.36. The third kappa shape index (κ3) is 3.29. The summed E-state index contributed by atoms with van der Waals surface area (Å²) in [6.45, 7) is 11.0. The monoisotopic (exact) mass is 240 g/mol. The van der Waals surface area contributed by atoms with Gasteiger partial charge in [0.15, 0.2) is 0 Å². The van der Waals surface area contributed by atoms with Gasteiger partial charge in [0, 0.05) is 10.8 Å². The fraction of sp³-hybridized carbons (Fsp3) is 0.769. The maximum absolute atomic E-state index is 6.23. The lowest BCUT2D eigenvalue weighted by Crippen LogP contribution is -2.19. The molecule has 0 saturated carbocycles. The van der Waals surface area contributed by atoms with E-state index in [9.17, 15) is 0 Å². The predicted octanol–water partition coefficient (Wildman–Crippen LogP) is 3.88. The van der Waals surface area contributed by atoms with Crippen LogP contribution in [0, 0.1) is 5.92 Å². The van der Waals surface area contributed by atoms with Gasteiger partial charge in [0.05, 0.1) is 11.7 Å². The highest BCUT2D eigenvalue weighted by atomic mass is 32.1. The van der Waals surface area contributed by atoms with Crippen LogP contribution in [-0.4, -0.2) is 4.98 Å². The molecule has 0 bridgehead atoms. The summed E-state index contributed by atoms with van der Waals surface area (Å²) >= 11 is 1.70. The van der Waals surface area contributed by atoms with Crippen molar-refractivity contribution in [3.05, 3.63) is 16.1 Å². The van der Waals surface area contributed by atoms with E-state index in [0.717, 1.165) is 10.7 Å². The van der Waals surface area contributed by atoms with Gasteiger partial charge in [-0.2, -0.15) is 0 Å². The lowest BCUT2D eigenvalue weighted by atomic mass is 9.93. The van der Waals surface area contributed by atoms with E-state index in [0.29, 0.717) is 5.92 Å². The molecule has 0 aliphatic heterocycles. The van der Waals surface area contributed by atoms with Crippen molar-refractivity contribution in [1.82, 2.24) is 4.98 Å². The van der Waals surface area contributed by atoms with Crippen molar-refractivity contribution in [3.8, 4) is 0 Å². The molecule has 1 heterocycles. The fourth-order valence-corrected chi connectivity index (χ4v) is 2.84. The molecule has 0 aliphatic rings. The van der Waals surface area contributed by atoms with E-state index < -0.39 is 0 Å². The van der Waals surface area contributed by atoms with Crippen molar-refractivity contribution < 1.29 is 0 Å². The van der Waals surface area contributed by atoms with Gasteiger partial charge in [-0.15, -0.1) is 11.3 Å². The van der Waals surface area contributed by atoms with Gasteiger partial charge in [0.2, 0.25) is 0 Å². The number of thiazole rings is 1. The third-order valence-electron chi connectivity index (χ3n) is 2.93. The molecule has 1 aromatic heterocycles. The Morgan fingerprint density at radius 1 is 1.44 bits per heavy atom. The van der Waals surface area contributed by atoms with Crippen molar-refractivity contribution in [2.45, 2.75) is 58.9 Å². The highest BCUT2D eigenvalue weighted by Gasteiger charge is 2.22. The molecule has 0 aliphatic carbocycles. The maximum Gasteiger partial charge on any atom is 0.110 e. The zero-order valence-electron chi connectivity index (χ0n) is 11.1. The number of hydrogen-bond donors (Lipinski definition) is 1. The molecular weight excluding hydrogens is 216 g/mol. The minimum absolute atomic E-state index is 0.0982. The number of nitrogens with zero attached hydrogens (tertiary/aromatic N) is 1. The lowest BCUT2D eigenvalue weighted by molar-refractivity contribution is 0.430. The summed E-state index contributed by atoms with van der Waals surface area (Å²) in [5.74, 6) is 0.518. The van der Waals surface area contributed by atoms with E-state index in [2.05, 4.69) is 45.0 Å². The molecule has 0 fully saturated rings. The standard InChI is InChI=1S/C13H24N2S/c1-6-7-9(2)11(14)12-15-10(8-16-12)13(3,4)5/h8-9,11H,6-7,14H2,1-5H3. The van der Waals surface area contributed by atoms with Crippen LogP contribution in [-0.2, 0) is 5.41 Å². The van der Waals surface area contributed by atoms with Gasteiger partial charge in [-0.1, -0.05) is 41.0 Å². The first-order valence-electron chi connectivity index (χ1n) is 6.07. The van der Waals surface area contributed by atoms with E-state index in [1.54, 1.807) is 11.3 Å². The molecule has 2 N–H and O–H groups in total. The minimum atomic E-state index is 0.0982. The first-order valence-corrected chi connectivity index (χ1v) is 6.95. The van der Waals surface area contributed by atoms with Crippen LogP contribution >= 0.6 is 11.3 Å². The van der Waals surface area contributed by atoms with Crippen LogP contribution in [0.4, 0.5) is 0 Å². The number of nitrogens with two attached hydrogens (primary N) is 1. The first kappa shape index (κ1) is 13.7. The van der Waals surface area contributed by atoms with Crippen LogP contribution in [0.5, 0.6) is 0 Å².